The molecular weight excluding hydrogens is 517 g/mol. The fourth-order valence-electron chi connectivity index (χ4n) is 2.32. The number of carboxylic acid groups (broad SMARTS) is 1. The van der Waals surface area contributed by atoms with E-state index < -0.39 is 58.3 Å². The summed E-state index contributed by atoms with van der Waals surface area (Å²) < 4.78 is 79.4. The first-order valence-electron chi connectivity index (χ1n) is 9.18. The minimum atomic E-state index is -4.62. The molecule has 0 unspecified atom stereocenters. The second kappa shape index (κ2) is 11.2. The molecule has 14 heteroatoms. The Morgan fingerprint density at radius 2 is 1.41 bits per heavy atom. The minimum Gasteiger partial charge on any atom is -0.481 e. The van der Waals surface area contributed by atoms with E-state index in [2.05, 4.69) is 9.97 Å². The Hall–Kier alpha value is -2.60. The Morgan fingerprint density at radius 1 is 0.882 bits per heavy atom. The van der Waals surface area contributed by atoms with Gasteiger partial charge in [-0.05, 0) is 45.0 Å². The maximum absolute atomic E-state index is 12.4. The SMILES string of the molecule is CC(C)(C)OC(=O)Cc1ccc(C(F)(F)F)c(Cl)n1.O=C(O)Cc1nc(Cl)ccc1C(F)(F)F. The second-order valence-electron chi connectivity index (χ2n) is 7.60. The van der Waals surface area contributed by atoms with Crippen LogP contribution in [0.5, 0.6) is 0 Å². The molecule has 0 radical (unpaired) electrons. The Morgan fingerprint density at radius 3 is 1.85 bits per heavy atom. The third kappa shape index (κ3) is 10.1. The number of halogens is 8. The van der Waals surface area contributed by atoms with Gasteiger partial charge in [0, 0.05) is 0 Å². The molecule has 0 aliphatic carbocycles. The molecule has 1 N–H and O–H groups in total. The molecule has 2 aromatic rings. The Balaban J connectivity index is 0.000000350. The molecule has 0 fully saturated rings. The summed E-state index contributed by atoms with van der Waals surface area (Å²) in [6.07, 6.45) is -10.2. The van der Waals surface area contributed by atoms with Crippen molar-refractivity contribution in [3.63, 3.8) is 0 Å². The number of hydrogen-bond donors (Lipinski definition) is 1. The monoisotopic (exact) mass is 534 g/mol. The molecule has 188 valence electrons. The van der Waals surface area contributed by atoms with Gasteiger partial charge in [0.25, 0.3) is 0 Å². The van der Waals surface area contributed by atoms with Crippen LogP contribution in [0.4, 0.5) is 26.3 Å². The highest BCUT2D eigenvalue weighted by Gasteiger charge is 2.35. The number of rotatable bonds is 4. The fourth-order valence-corrected chi connectivity index (χ4v) is 2.76. The average molecular weight is 535 g/mol. The Bertz CT molecular complexity index is 1040. The van der Waals surface area contributed by atoms with Crippen molar-refractivity contribution in [2.45, 2.75) is 51.6 Å². The summed E-state index contributed by atoms with van der Waals surface area (Å²) >= 11 is 10.8. The molecule has 34 heavy (non-hydrogen) atoms. The predicted molar refractivity (Wildman–Crippen MR) is 109 cm³/mol. The maximum atomic E-state index is 12.4. The lowest BCUT2D eigenvalue weighted by Crippen LogP contribution is -2.25. The molecule has 2 aromatic heterocycles. The number of aromatic nitrogens is 2. The highest BCUT2D eigenvalue weighted by molar-refractivity contribution is 6.30. The highest BCUT2D eigenvalue weighted by Crippen LogP contribution is 2.34. The first kappa shape index (κ1) is 29.4. The van der Waals surface area contributed by atoms with Gasteiger partial charge in [-0.2, -0.15) is 26.3 Å². The summed E-state index contributed by atoms with van der Waals surface area (Å²) in [6, 6.07) is 3.59. The lowest BCUT2D eigenvalue weighted by atomic mass is 10.1. The van der Waals surface area contributed by atoms with Crippen molar-refractivity contribution in [1.29, 1.82) is 0 Å². The number of carbonyl (C=O) groups excluding carboxylic acids is 1. The van der Waals surface area contributed by atoms with E-state index in [0.717, 1.165) is 18.2 Å². The van der Waals surface area contributed by atoms with Crippen LogP contribution in [0.3, 0.4) is 0 Å². The van der Waals surface area contributed by atoms with E-state index >= 15 is 0 Å². The van der Waals surface area contributed by atoms with Gasteiger partial charge in [-0.1, -0.05) is 23.2 Å². The molecule has 0 aliphatic heterocycles. The zero-order chi connectivity index (χ0) is 26.5. The second-order valence-corrected chi connectivity index (χ2v) is 8.34. The molecule has 2 heterocycles. The van der Waals surface area contributed by atoms with E-state index in [0.29, 0.717) is 6.07 Å². The highest BCUT2D eigenvalue weighted by atomic mass is 35.5. The molecule has 2 rings (SSSR count). The van der Waals surface area contributed by atoms with E-state index in [1.807, 2.05) is 0 Å². The first-order chi connectivity index (χ1) is 15.3. The number of alkyl halides is 6. The molecule has 0 atom stereocenters. The van der Waals surface area contributed by atoms with Crippen molar-refractivity contribution in [3.8, 4) is 0 Å². The van der Waals surface area contributed by atoms with Crippen molar-refractivity contribution in [1.82, 2.24) is 9.97 Å². The molecule has 0 spiro atoms. The van der Waals surface area contributed by atoms with Crippen LogP contribution in [0, 0.1) is 0 Å². The summed E-state index contributed by atoms with van der Waals surface area (Å²) in [7, 11) is 0. The lowest BCUT2D eigenvalue weighted by molar-refractivity contribution is -0.154. The number of ether oxygens (including phenoxy) is 1. The number of carboxylic acids is 1. The summed E-state index contributed by atoms with van der Waals surface area (Å²) in [5, 5.41) is 7.56. The van der Waals surface area contributed by atoms with E-state index in [1.54, 1.807) is 20.8 Å². The van der Waals surface area contributed by atoms with Gasteiger partial charge in [-0.3, -0.25) is 9.59 Å². The van der Waals surface area contributed by atoms with Gasteiger partial charge in [0.1, 0.15) is 15.9 Å². The van der Waals surface area contributed by atoms with Crippen LogP contribution in [-0.2, 0) is 39.5 Å². The average Bonchev–Trinajstić information content (AvgIpc) is 2.57. The van der Waals surface area contributed by atoms with Crippen molar-refractivity contribution >= 4 is 35.1 Å². The minimum absolute atomic E-state index is 0.132. The normalized spacial score (nSPS) is 12.0. The van der Waals surface area contributed by atoms with Gasteiger partial charge < -0.3 is 9.84 Å². The van der Waals surface area contributed by atoms with Crippen LogP contribution in [0.2, 0.25) is 10.3 Å². The molecule has 0 aromatic carbocycles. The van der Waals surface area contributed by atoms with Crippen LogP contribution in [0.1, 0.15) is 43.3 Å². The van der Waals surface area contributed by atoms with E-state index in [1.165, 1.54) is 0 Å². The number of carbonyl (C=O) groups is 2. The zero-order valence-corrected chi connectivity index (χ0v) is 19.3. The predicted octanol–water partition coefficient (Wildman–Crippen LogP) is 6.02. The van der Waals surface area contributed by atoms with Crippen molar-refractivity contribution in [2.24, 2.45) is 0 Å². The summed E-state index contributed by atoms with van der Waals surface area (Å²) in [5.41, 5.74) is -3.21. The fraction of sp³-hybridized carbons (Fsp3) is 0.400. The standard InChI is InChI=1S/C12H13ClF3NO2.C8H5ClF3NO2/c1-11(2,3)19-9(18)6-7-4-5-8(10(13)17-7)12(14,15)16;9-6-2-1-4(8(10,11)12)5(13-6)3-7(14)15/h4-5H,6H2,1-3H3;1-2H,3H2,(H,14,15). The topological polar surface area (TPSA) is 89.4 Å². The number of nitrogens with zero attached hydrogens (tertiary/aromatic N) is 2. The number of pyridine rings is 2. The van der Waals surface area contributed by atoms with Gasteiger partial charge >= 0.3 is 24.3 Å². The maximum Gasteiger partial charge on any atom is 0.419 e. The lowest BCUT2D eigenvalue weighted by Gasteiger charge is -2.19. The van der Waals surface area contributed by atoms with Gasteiger partial charge in [0.15, 0.2) is 0 Å². The number of esters is 1. The number of aliphatic carboxylic acids is 1. The van der Waals surface area contributed by atoms with Gasteiger partial charge in [-0.25, -0.2) is 9.97 Å². The van der Waals surface area contributed by atoms with Crippen LogP contribution in [0.25, 0.3) is 0 Å². The first-order valence-corrected chi connectivity index (χ1v) is 9.94. The van der Waals surface area contributed by atoms with Crippen LogP contribution >= 0.6 is 23.2 Å². The summed E-state index contributed by atoms with van der Waals surface area (Å²) in [4.78, 5) is 28.7. The van der Waals surface area contributed by atoms with Gasteiger partial charge in [-0.15, -0.1) is 0 Å². The van der Waals surface area contributed by atoms with Gasteiger partial charge in [0.2, 0.25) is 0 Å². The third-order valence-electron chi connectivity index (χ3n) is 3.52. The van der Waals surface area contributed by atoms with Crippen molar-refractivity contribution in [3.05, 3.63) is 57.1 Å². The van der Waals surface area contributed by atoms with Crippen molar-refractivity contribution in [2.75, 3.05) is 0 Å². The molecule has 6 nitrogen and oxygen atoms in total. The van der Waals surface area contributed by atoms with E-state index in [9.17, 15) is 35.9 Å². The Labute approximate surface area is 199 Å². The van der Waals surface area contributed by atoms with Crippen molar-refractivity contribution < 1.29 is 45.8 Å². The largest absolute Gasteiger partial charge is 0.481 e. The molecule has 0 aliphatic rings. The van der Waals surface area contributed by atoms with Gasteiger partial charge in [0.05, 0.1) is 35.4 Å². The molecule has 0 saturated carbocycles. The van der Waals surface area contributed by atoms with Crippen LogP contribution in [-0.4, -0.2) is 32.6 Å². The summed E-state index contributed by atoms with van der Waals surface area (Å²) in [6.45, 7) is 5.08. The smallest absolute Gasteiger partial charge is 0.419 e. The van der Waals surface area contributed by atoms with E-state index in [-0.39, 0.29) is 17.3 Å². The van der Waals surface area contributed by atoms with Crippen LogP contribution in [0.15, 0.2) is 24.3 Å². The zero-order valence-electron chi connectivity index (χ0n) is 17.8. The third-order valence-corrected chi connectivity index (χ3v) is 4.02. The Kier molecular flexibility index (Phi) is 9.71. The molecule has 0 saturated heterocycles. The quantitative estimate of drug-likeness (QED) is 0.293. The molecule has 0 bridgehead atoms. The number of hydrogen-bond acceptors (Lipinski definition) is 5. The molecular formula is C20H18Cl2F6N2O4. The summed E-state index contributed by atoms with van der Waals surface area (Å²) in [5.74, 6) is -1.97. The molecule has 0 amide bonds. The van der Waals surface area contributed by atoms with Crippen LogP contribution < -0.4 is 0 Å². The van der Waals surface area contributed by atoms with E-state index in [4.69, 9.17) is 33.0 Å².